The maximum atomic E-state index is 14.2. The Balaban J connectivity index is 1.41. The fourth-order valence-electron chi connectivity index (χ4n) is 6.47. The van der Waals surface area contributed by atoms with Crippen molar-refractivity contribution in [3.8, 4) is 17.2 Å². The Morgan fingerprint density at radius 1 is 1.06 bits per heavy atom. The second-order valence-electron chi connectivity index (χ2n) is 13.1. The van der Waals surface area contributed by atoms with Crippen molar-refractivity contribution in [3.63, 3.8) is 0 Å². The van der Waals surface area contributed by atoms with Gasteiger partial charge >= 0.3 is 6.61 Å². The third kappa shape index (κ3) is 7.48. The fourth-order valence-corrected chi connectivity index (χ4v) is 8.74. The number of pyridine rings is 1. The van der Waals surface area contributed by atoms with Gasteiger partial charge in [0, 0.05) is 33.7 Å². The van der Waals surface area contributed by atoms with Gasteiger partial charge in [-0.25, -0.2) is 15.0 Å². The number of methoxy groups -OCH3 is 2. The number of amidine groups is 1. The molecule has 2 aromatic carbocycles. The summed E-state index contributed by atoms with van der Waals surface area (Å²) < 4.78 is 47.7. The molecule has 11 nitrogen and oxygen atoms in total. The van der Waals surface area contributed by atoms with Crippen LogP contribution < -0.4 is 24.4 Å². The second-order valence-corrected chi connectivity index (χ2v) is 14.9. The number of aromatic nitrogens is 2. The van der Waals surface area contributed by atoms with E-state index in [0.717, 1.165) is 12.6 Å². The summed E-state index contributed by atoms with van der Waals surface area (Å²) in [7, 11) is 3.07. The molecule has 1 saturated heterocycles. The molecule has 0 radical (unpaired) electrons. The summed E-state index contributed by atoms with van der Waals surface area (Å²) in [4.78, 5) is 43.4. The normalized spacial score (nSPS) is 22.6. The van der Waals surface area contributed by atoms with Gasteiger partial charge in [-0.3, -0.25) is 14.5 Å². The predicted octanol–water partition coefficient (Wildman–Crippen LogP) is 7.33. The lowest BCUT2D eigenvalue weighted by atomic mass is 9.64. The van der Waals surface area contributed by atoms with Crippen molar-refractivity contribution in [1.82, 2.24) is 15.3 Å². The maximum Gasteiger partial charge on any atom is 0.387 e. The number of thioether (sulfide) groups is 1. The van der Waals surface area contributed by atoms with Crippen LogP contribution in [0.5, 0.6) is 17.2 Å². The molecule has 52 heavy (non-hydrogen) atoms. The van der Waals surface area contributed by atoms with E-state index in [4.69, 9.17) is 24.2 Å². The van der Waals surface area contributed by atoms with Gasteiger partial charge in [0.2, 0.25) is 0 Å². The zero-order valence-electron chi connectivity index (χ0n) is 29.4. The molecule has 1 N–H and O–H groups in total. The van der Waals surface area contributed by atoms with Crippen molar-refractivity contribution >= 4 is 45.9 Å². The van der Waals surface area contributed by atoms with Gasteiger partial charge in [0.25, 0.3) is 11.8 Å². The second kappa shape index (κ2) is 15.2. The molecule has 3 atom stereocenters. The number of carbonyl (C=O) groups excluding carboxylic acids is 2. The van der Waals surface area contributed by atoms with Gasteiger partial charge < -0.3 is 24.3 Å². The highest BCUT2D eigenvalue weighted by molar-refractivity contribution is 8.14. The van der Waals surface area contributed by atoms with Crippen molar-refractivity contribution in [1.29, 1.82) is 0 Å². The third-order valence-electron chi connectivity index (χ3n) is 9.59. The van der Waals surface area contributed by atoms with E-state index in [-0.39, 0.29) is 30.5 Å². The number of hydrogen-bond acceptors (Lipinski definition) is 11. The van der Waals surface area contributed by atoms with E-state index in [9.17, 15) is 18.4 Å². The first-order valence-corrected chi connectivity index (χ1v) is 18.4. The topological polar surface area (TPSA) is 124 Å². The Morgan fingerprint density at radius 2 is 1.83 bits per heavy atom. The quantitative estimate of drug-likeness (QED) is 0.168. The molecule has 2 aliphatic heterocycles. The molecule has 4 aromatic rings. The molecule has 274 valence electrons. The number of ether oxygens (including phenoxy) is 4. The largest absolute Gasteiger partial charge is 0.497 e. The van der Waals surface area contributed by atoms with Gasteiger partial charge in [0.15, 0.2) is 5.17 Å². The van der Waals surface area contributed by atoms with Crippen molar-refractivity contribution in [3.05, 3.63) is 94.1 Å². The van der Waals surface area contributed by atoms with Gasteiger partial charge in [-0.05, 0) is 56.2 Å². The molecule has 1 fully saturated rings. The van der Waals surface area contributed by atoms with Gasteiger partial charge in [0.1, 0.15) is 39.3 Å². The molecule has 4 heterocycles. The minimum Gasteiger partial charge on any atom is -0.497 e. The van der Waals surface area contributed by atoms with Gasteiger partial charge in [-0.15, -0.1) is 11.3 Å². The van der Waals surface area contributed by atoms with E-state index in [0.29, 0.717) is 50.8 Å². The lowest BCUT2D eigenvalue weighted by Gasteiger charge is -2.55. The number of rotatable bonds is 11. The number of nitrogens with one attached hydrogen (secondary N) is 1. The number of aliphatic imine (C=N–C) groups is 1. The number of nitrogens with zero attached hydrogens (tertiary/aromatic N) is 4. The summed E-state index contributed by atoms with van der Waals surface area (Å²) >= 11 is 2.83. The van der Waals surface area contributed by atoms with E-state index in [1.165, 1.54) is 47.2 Å². The monoisotopic (exact) mass is 751 g/mol. The van der Waals surface area contributed by atoms with E-state index >= 15 is 0 Å². The lowest BCUT2D eigenvalue weighted by molar-refractivity contribution is -0.152. The van der Waals surface area contributed by atoms with Gasteiger partial charge in [-0.2, -0.15) is 8.78 Å². The third-order valence-corrected chi connectivity index (χ3v) is 11.8. The van der Waals surface area contributed by atoms with Crippen LogP contribution >= 0.6 is 23.1 Å². The molecule has 0 spiro atoms. The average Bonchev–Trinajstić information content (AvgIpc) is 3.65. The number of fused-ring (bicyclic) bond motifs is 1. The predicted molar refractivity (Wildman–Crippen MR) is 196 cm³/mol. The molecule has 0 bridgehead atoms. The summed E-state index contributed by atoms with van der Waals surface area (Å²) in [5.74, 6) is 1.03. The number of amides is 2. The minimum atomic E-state index is -3.03. The van der Waals surface area contributed by atoms with E-state index < -0.39 is 29.1 Å². The Labute approximate surface area is 308 Å². The van der Waals surface area contributed by atoms with E-state index in [1.54, 1.807) is 55.0 Å². The number of benzene rings is 2. The van der Waals surface area contributed by atoms with Crippen LogP contribution in [-0.4, -0.2) is 65.7 Å². The maximum absolute atomic E-state index is 14.2. The Bertz CT molecular complexity index is 1950. The molecule has 0 saturated carbocycles. The number of hydrogen-bond donors (Lipinski definition) is 1. The number of anilines is 1. The Morgan fingerprint density at radius 3 is 2.50 bits per heavy atom. The molecule has 2 aliphatic rings. The molecular formula is C37H39F2N5O6S2. The van der Waals surface area contributed by atoms with Crippen molar-refractivity contribution < 1.29 is 37.3 Å². The van der Waals surface area contributed by atoms with Gasteiger partial charge in [-0.1, -0.05) is 43.8 Å². The van der Waals surface area contributed by atoms with Crippen LogP contribution in [0, 0.1) is 5.41 Å². The molecule has 0 unspecified atom stereocenters. The Kier molecular flexibility index (Phi) is 10.8. The standard InChI is InChI=1S/C37H39F2N5O6S2/c1-6-36(3)20-35(2)22-52-34(42-30(45)23-10-8-7-9-11-23)43-37(35,21-49-36)32-41-29(19-51-32)44(18-24-12-13-25(47-4)16-28(24)48-5)31(46)27-15-14-26(17-40-27)50-33(38)39/h7-17,19,33H,6,18,20-22H2,1-5H3,(H,42,43,45)/t35-,36-,37+/m0/s1. The van der Waals surface area contributed by atoms with Crippen LogP contribution in [0.25, 0.3) is 0 Å². The summed E-state index contributed by atoms with van der Waals surface area (Å²) in [5, 5.41) is 5.84. The molecule has 2 aromatic heterocycles. The molecular weight excluding hydrogens is 713 g/mol. The van der Waals surface area contributed by atoms with Gasteiger partial charge in [0.05, 0.1) is 39.2 Å². The van der Waals surface area contributed by atoms with Crippen molar-refractivity contribution in [2.45, 2.75) is 57.9 Å². The first-order chi connectivity index (χ1) is 24.9. The highest BCUT2D eigenvalue weighted by Crippen LogP contribution is 2.58. The van der Waals surface area contributed by atoms with E-state index in [1.807, 2.05) is 6.07 Å². The van der Waals surface area contributed by atoms with Crippen LogP contribution in [0.2, 0.25) is 0 Å². The SMILES string of the molecule is CC[C@@]1(C)C[C@@]2(C)CSC(NC(=O)c3ccccc3)=N[C@@]2(c2nc(N(Cc3ccc(OC)cc3OC)C(=O)c3ccc(OC(F)F)cn3)cs2)CO1. The fraction of sp³-hybridized carbons (Fsp3) is 0.378. The van der Waals surface area contributed by atoms with Crippen LogP contribution in [0.3, 0.4) is 0 Å². The van der Waals surface area contributed by atoms with Crippen LogP contribution in [0.4, 0.5) is 14.6 Å². The minimum absolute atomic E-state index is 0.00986. The van der Waals surface area contributed by atoms with Crippen molar-refractivity contribution in [2.24, 2.45) is 10.4 Å². The van der Waals surface area contributed by atoms with E-state index in [2.05, 4.69) is 35.8 Å². The zero-order chi connectivity index (χ0) is 37.1. The van der Waals surface area contributed by atoms with Crippen LogP contribution in [-0.2, 0) is 16.8 Å². The number of halogens is 2. The highest BCUT2D eigenvalue weighted by Gasteiger charge is 2.60. The molecule has 2 amide bonds. The molecule has 0 aliphatic carbocycles. The summed E-state index contributed by atoms with van der Waals surface area (Å²) in [6.07, 6.45) is 2.56. The summed E-state index contributed by atoms with van der Waals surface area (Å²) in [6, 6.07) is 16.8. The van der Waals surface area contributed by atoms with Crippen LogP contribution in [0.1, 0.15) is 65.0 Å². The number of thiazole rings is 1. The number of alkyl halides is 2. The van der Waals surface area contributed by atoms with Crippen LogP contribution in [0.15, 0.2) is 77.2 Å². The smallest absolute Gasteiger partial charge is 0.387 e. The zero-order valence-corrected chi connectivity index (χ0v) is 31.0. The Hall–Kier alpha value is -4.60. The summed E-state index contributed by atoms with van der Waals surface area (Å²) in [6.45, 7) is 3.57. The molecule has 6 rings (SSSR count). The molecule has 15 heteroatoms. The highest BCUT2D eigenvalue weighted by atomic mass is 32.2. The summed E-state index contributed by atoms with van der Waals surface area (Å²) in [5.41, 5.74) is -0.665. The first kappa shape index (κ1) is 37.2. The lowest BCUT2D eigenvalue weighted by Crippen LogP contribution is -2.60. The van der Waals surface area contributed by atoms with Crippen molar-refractivity contribution in [2.75, 3.05) is 31.5 Å². The number of carbonyl (C=O) groups is 2. The average molecular weight is 752 g/mol. The first-order valence-electron chi connectivity index (χ1n) is 16.5.